The molecule has 0 amide bonds. The Kier molecular flexibility index (Phi) is 3.05. The van der Waals surface area contributed by atoms with Gasteiger partial charge < -0.3 is 15.7 Å². The maximum absolute atomic E-state index is 9.07. The third-order valence-electron chi connectivity index (χ3n) is 2.92. The van der Waals surface area contributed by atoms with Crippen LogP contribution in [0.5, 0.6) is 0 Å². The number of nitrogens with two attached hydrogens (primary N) is 1. The molecular weight excluding hydrogens is 204 g/mol. The lowest BCUT2D eigenvalue weighted by atomic mass is 10.1. The van der Waals surface area contributed by atoms with Crippen molar-refractivity contribution in [3.05, 3.63) is 23.9 Å². The van der Waals surface area contributed by atoms with Gasteiger partial charge in [-0.2, -0.15) is 0 Å². The molecule has 4 N–H and O–H groups in total. The number of nitrogen functional groups attached to an aromatic ring is 1. The summed E-state index contributed by atoms with van der Waals surface area (Å²) in [5, 5.41) is 16.4. The summed E-state index contributed by atoms with van der Waals surface area (Å²) in [6.07, 6.45) is 2.65. The summed E-state index contributed by atoms with van der Waals surface area (Å²) < 4.78 is 0. The molecule has 2 heterocycles. The minimum absolute atomic E-state index is 0.0570. The number of pyridine rings is 1. The van der Waals surface area contributed by atoms with Gasteiger partial charge in [0.1, 0.15) is 11.7 Å². The van der Waals surface area contributed by atoms with Crippen LogP contribution in [0.2, 0.25) is 0 Å². The minimum Gasteiger partial charge on any atom is -0.396 e. The van der Waals surface area contributed by atoms with Crippen LogP contribution in [-0.2, 0) is 0 Å². The molecule has 1 saturated heterocycles. The SMILES string of the molecule is N=C(N)c1ccnc(N2CCC(CO)C2)c1. The number of aliphatic hydroxyl groups excluding tert-OH is 1. The largest absolute Gasteiger partial charge is 0.396 e. The van der Waals surface area contributed by atoms with E-state index in [1.165, 1.54) is 0 Å². The second-order valence-corrected chi connectivity index (χ2v) is 4.10. The molecule has 1 aliphatic heterocycles. The molecule has 16 heavy (non-hydrogen) atoms. The molecule has 0 saturated carbocycles. The molecule has 1 atom stereocenters. The lowest BCUT2D eigenvalue weighted by Gasteiger charge is -2.17. The highest BCUT2D eigenvalue weighted by atomic mass is 16.3. The average molecular weight is 220 g/mol. The normalized spacial score (nSPS) is 20.1. The Morgan fingerprint density at radius 2 is 2.50 bits per heavy atom. The highest BCUT2D eigenvalue weighted by molar-refractivity contribution is 5.95. The Hall–Kier alpha value is -1.62. The highest BCUT2D eigenvalue weighted by Crippen LogP contribution is 2.22. The fraction of sp³-hybridized carbons (Fsp3) is 0.455. The molecule has 1 unspecified atom stereocenters. The lowest BCUT2D eigenvalue weighted by Crippen LogP contribution is -2.22. The van der Waals surface area contributed by atoms with Gasteiger partial charge in [-0.3, -0.25) is 5.41 Å². The summed E-state index contributed by atoms with van der Waals surface area (Å²) >= 11 is 0. The molecule has 1 aromatic heterocycles. The first-order chi connectivity index (χ1) is 7.70. The molecule has 0 bridgehead atoms. The number of hydrogen-bond donors (Lipinski definition) is 3. The van der Waals surface area contributed by atoms with E-state index < -0.39 is 0 Å². The molecular formula is C11H16N4O. The Bertz CT molecular complexity index is 393. The van der Waals surface area contributed by atoms with E-state index in [2.05, 4.69) is 9.88 Å². The number of rotatable bonds is 3. The van der Waals surface area contributed by atoms with Crippen molar-refractivity contribution in [2.45, 2.75) is 6.42 Å². The van der Waals surface area contributed by atoms with Gasteiger partial charge in [-0.05, 0) is 18.6 Å². The maximum Gasteiger partial charge on any atom is 0.129 e. The number of amidine groups is 1. The van der Waals surface area contributed by atoms with E-state index >= 15 is 0 Å². The molecule has 5 nitrogen and oxygen atoms in total. The number of nitrogens with zero attached hydrogens (tertiary/aromatic N) is 2. The van der Waals surface area contributed by atoms with Crippen LogP contribution in [-0.4, -0.2) is 35.6 Å². The summed E-state index contributed by atoms with van der Waals surface area (Å²) in [6, 6.07) is 3.55. The van der Waals surface area contributed by atoms with E-state index in [1.54, 1.807) is 12.3 Å². The second-order valence-electron chi connectivity index (χ2n) is 4.10. The molecule has 0 radical (unpaired) electrons. The number of anilines is 1. The van der Waals surface area contributed by atoms with Gasteiger partial charge in [0.2, 0.25) is 0 Å². The summed E-state index contributed by atoms with van der Waals surface area (Å²) in [4.78, 5) is 6.38. The average Bonchev–Trinajstić information content (AvgIpc) is 2.77. The Morgan fingerprint density at radius 3 is 3.12 bits per heavy atom. The highest BCUT2D eigenvalue weighted by Gasteiger charge is 2.22. The number of aliphatic hydroxyl groups is 1. The van der Waals surface area contributed by atoms with E-state index in [4.69, 9.17) is 16.2 Å². The van der Waals surface area contributed by atoms with Gasteiger partial charge in [-0.15, -0.1) is 0 Å². The second kappa shape index (κ2) is 4.49. The van der Waals surface area contributed by atoms with Gasteiger partial charge in [0.05, 0.1) is 0 Å². The predicted molar refractivity (Wildman–Crippen MR) is 62.7 cm³/mol. The van der Waals surface area contributed by atoms with E-state index in [1.807, 2.05) is 6.07 Å². The number of nitrogens with one attached hydrogen (secondary N) is 1. The maximum atomic E-state index is 9.07. The van der Waals surface area contributed by atoms with Crippen molar-refractivity contribution in [1.82, 2.24) is 4.98 Å². The van der Waals surface area contributed by atoms with E-state index in [0.717, 1.165) is 25.3 Å². The van der Waals surface area contributed by atoms with Crippen molar-refractivity contribution in [2.24, 2.45) is 11.7 Å². The monoisotopic (exact) mass is 220 g/mol. The molecule has 1 fully saturated rings. The van der Waals surface area contributed by atoms with Gasteiger partial charge >= 0.3 is 0 Å². The Morgan fingerprint density at radius 1 is 1.69 bits per heavy atom. The first-order valence-electron chi connectivity index (χ1n) is 5.37. The molecule has 86 valence electrons. The van der Waals surface area contributed by atoms with Crippen molar-refractivity contribution >= 4 is 11.7 Å². The molecule has 2 rings (SSSR count). The van der Waals surface area contributed by atoms with Crippen LogP contribution in [0.25, 0.3) is 0 Å². The number of aromatic nitrogens is 1. The minimum atomic E-state index is 0.0570. The number of hydrogen-bond acceptors (Lipinski definition) is 4. The fourth-order valence-electron chi connectivity index (χ4n) is 1.95. The summed E-state index contributed by atoms with van der Waals surface area (Å²) in [5.74, 6) is 1.23. The third-order valence-corrected chi connectivity index (χ3v) is 2.92. The van der Waals surface area contributed by atoms with Crippen molar-refractivity contribution in [2.75, 3.05) is 24.6 Å². The third kappa shape index (κ3) is 2.14. The van der Waals surface area contributed by atoms with Gasteiger partial charge in [0, 0.05) is 37.4 Å². The van der Waals surface area contributed by atoms with Crippen LogP contribution in [0.4, 0.5) is 5.82 Å². The summed E-state index contributed by atoms with van der Waals surface area (Å²) in [5.41, 5.74) is 6.12. The van der Waals surface area contributed by atoms with Gasteiger partial charge in [0.25, 0.3) is 0 Å². The molecule has 1 aliphatic rings. The smallest absolute Gasteiger partial charge is 0.129 e. The summed E-state index contributed by atoms with van der Waals surface area (Å²) in [7, 11) is 0. The van der Waals surface area contributed by atoms with Crippen molar-refractivity contribution in [3.8, 4) is 0 Å². The first-order valence-corrected chi connectivity index (χ1v) is 5.37. The molecule has 0 aromatic carbocycles. The van der Waals surface area contributed by atoms with Crippen LogP contribution in [0.15, 0.2) is 18.3 Å². The molecule has 0 aliphatic carbocycles. The van der Waals surface area contributed by atoms with Crippen molar-refractivity contribution in [1.29, 1.82) is 5.41 Å². The Labute approximate surface area is 94.4 Å². The zero-order valence-electron chi connectivity index (χ0n) is 9.06. The van der Waals surface area contributed by atoms with Crippen LogP contribution in [0.3, 0.4) is 0 Å². The van der Waals surface area contributed by atoms with Gasteiger partial charge in [0.15, 0.2) is 0 Å². The zero-order valence-corrected chi connectivity index (χ0v) is 9.06. The first kappa shape index (κ1) is 10.9. The fourth-order valence-corrected chi connectivity index (χ4v) is 1.95. The lowest BCUT2D eigenvalue weighted by molar-refractivity contribution is 0.238. The van der Waals surface area contributed by atoms with Crippen LogP contribution in [0, 0.1) is 11.3 Å². The van der Waals surface area contributed by atoms with Crippen LogP contribution in [0.1, 0.15) is 12.0 Å². The zero-order chi connectivity index (χ0) is 11.5. The quantitative estimate of drug-likeness (QED) is 0.501. The van der Waals surface area contributed by atoms with Crippen molar-refractivity contribution in [3.63, 3.8) is 0 Å². The molecule has 5 heteroatoms. The predicted octanol–water partition coefficient (Wildman–Crippen LogP) is 0.184. The van der Waals surface area contributed by atoms with E-state index in [9.17, 15) is 0 Å². The van der Waals surface area contributed by atoms with Gasteiger partial charge in [-0.25, -0.2) is 4.98 Å². The van der Waals surface area contributed by atoms with Crippen molar-refractivity contribution < 1.29 is 5.11 Å². The topological polar surface area (TPSA) is 86.2 Å². The van der Waals surface area contributed by atoms with Gasteiger partial charge in [-0.1, -0.05) is 0 Å². The van der Waals surface area contributed by atoms with E-state index in [-0.39, 0.29) is 12.4 Å². The Balaban J connectivity index is 2.15. The molecule has 0 spiro atoms. The van der Waals surface area contributed by atoms with Crippen LogP contribution >= 0.6 is 0 Å². The summed E-state index contributed by atoms with van der Waals surface area (Å²) in [6.45, 7) is 1.95. The standard InChI is InChI=1S/C11H16N4O/c12-11(13)9-1-3-14-10(5-9)15-4-2-8(6-15)7-16/h1,3,5,8,16H,2,4,6-7H2,(H3,12,13). The van der Waals surface area contributed by atoms with E-state index in [0.29, 0.717) is 11.5 Å². The molecule has 1 aromatic rings. The van der Waals surface area contributed by atoms with Crippen LogP contribution < -0.4 is 10.6 Å².